The Morgan fingerprint density at radius 1 is 1.42 bits per heavy atom. The van der Waals surface area contributed by atoms with Gasteiger partial charge in [0, 0.05) is 19.0 Å². The van der Waals surface area contributed by atoms with E-state index < -0.39 is 0 Å². The highest BCUT2D eigenvalue weighted by atomic mass is 35.5. The van der Waals surface area contributed by atoms with Crippen molar-refractivity contribution in [1.29, 1.82) is 0 Å². The molecule has 19 heavy (non-hydrogen) atoms. The van der Waals surface area contributed by atoms with Crippen molar-refractivity contribution < 1.29 is 0 Å². The third kappa shape index (κ3) is 2.80. The summed E-state index contributed by atoms with van der Waals surface area (Å²) in [4.78, 5) is 1.04. The second-order valence-corrected chi connectivity index (χ2v) is 5.57. The molecule has 1 unspecified atom stereocenters. The largest absolute Gasteiger partial charge is 0.323 e. The van der Waals surface area contributed by atoms with E-state index in [0.29, 0.717) is 11.4 Å². The molecule has 2 rings (SSSR count). The van der Waals surface area contributed by atoms with Gasteiger partial charge in [-0.25, -0.2) is 0 Å². The predicted molar refractivity (Wildman–Crippen MR) is 77.6 cm³/mol. The first-order valence-electron chi connectivity index (χ1n) is 6.36. The summed E-state index contributed by atoms with van der Waals surface area (Å²) in [5.41, 5.74) is 9.10. The Labute approximate surface area is 121 Å². The second-order valence-electron chi connectivity index (χ2n) is 4.41. The summed E-state index contributed by atoms with van der Waals surface area (Å²) in [6.45, 7) is 6.80. The maximum atomic E-state index is 6.31. The predicted octanol–water partition coefficient (Wildman–Crippen LogP) is 2.52. The van der Waals surface area contributed by atoms with Gasteiger partial charge in [-0.3, -0.25) is 4.68 Å². The van der Waals surface area contributed by atoms with Gasteiger partial charge in [-0.05, 0) is 31.8 Å². The van der Waals surface area contributed by atoms with Crippen LogP contribution in [0.2, 0.25) is 5.02 Å². The number of hydrogen-bond donors (Lipinski definition) is 1. The van der Waals surface area contributed by atoms with Crippen molar-refractivity contribution in [3.8, 4) is 0 Å². The number of aryl methyl sites for hydroxylation is 3. The molecular formula is C12H18ClN5S. The van der Waals surface area contributed by atoms with Gasteiger partial charge in [0.05, 0.1) is 27.0 Å². The molecule has 0 aliphatic heterocycles. The van der Waals surface area contributed by atoms with Crippen molar-refractivity contribution in [1.82, 2.24) is 19.4 Å². The van der Waals surface area contributed by atoms with E-state index >= 15 is 0 Å². The smallest absolute Gasteiger partial charge is 0.0847 e. The van der Waals surface area contributed by atoms with Gasteiger partial charge < -0.3 is 5.73 Å². The van der Waals surface area contributed by atoms with Crippen LogP contribution in [0.1, 0.15) is 41.8 Å². The number of halogens is 1. The monoisotopic (exact) mass is 299 g/mol. The number of rotatable bonds is 5. The molecule has 2 aromatic rings. The first-order valence-corrected chi connectivity index (χ1v) is 7.52. The van der Waals surface area contributed by atoms with Crippen molar-refractivity contribution in [2.75, 3.05) is 0 Å². The molecular weight excluding hydrogens is 282 g/mol. The third-order valence-corrected chi connectivity index (χ3v) is 4.51. The van der Waals surface area contributed by atoms with Gasteiger partial charge in [-0.1, -0.05) is 23.0 Å². The van der Waals surface area contributed by atoms with Crippen LogP contribution >= 0.6 is 23.1 Å². The van der Waals surface area contributed by atoms with E-state index in [9.17, 15) is 0 Å². The highest BCUT2D eigenvalue weighted by molar-refractivity contribution is 7.05. The Bertz CT molecular complexity index is 562. The lowest BCUT2D eigenvalue weighted by molar-refractivity contribution is 0.588. The number of aromatic nitrogens is 4. The van der Waals surface area contributed by atoms with Crippen LogP contribution in [0.25, 0.3) is 0 Å². The molecule has 0 saturated carbocycles. The van der Waals surface area contributed by atoms with Crippen molar-refractivity contribution in [2.24, 2.45) is 5.73 Å². The van der Waals surface area contributed by atoms with Crippen molar-refractivity contribution in [3.63, 3.8) is 0 Å². The topological polar surface area (TPSA) is 69.6 Å². The van der Waals surface area contributed by atoms with E-state index in [0.717, 1.165) is 34.9 Å². The molecule has 0 bridgehead atoms. The van der Waals surface area contributed by atoms with Crippen molar-refractivity contribution in [2.45, 2.75) is 46.2 Å². The summed E-state index contributed by atoms with van der Waals surface area (Å²) in [6, 6.07) is -0.131. The van der Waals surface area contributed by atoms with Crippen LogP contribution < -0.4 is 5.73 Å². The van der Waals surface area contributed by atoms with Gasteiger partial charge in [-0.15, -0.1) is 5.10 Å². The van der Waals surface area contributed by atoms with Crippen LogP contribution in [-0.4, -0.2) is 19.4 Å². The fourth-order valence-electron chi connectivity index (χ4n) is 2.11. The van der Waals surface area contributed by atoms with Crippen LogP contribution in [0.5, 0.6) is 0 Å². The summed E-state index contributed by atoms with van der Waals surface area (Å²) >= 11 is 7.67. The first kappa shape index (κ1) is 14.4. The zero-order chi connectivity index (χ0) is 14.0. The summed E-state index contributed by atoms with van der Waals surface area (Å²) in [5, 5.41) is 9.22. The molecule has 0 saturated heterocycles. The van der Waals surface area contributed by atoms with E-state index in [1.54, 1.807) is 0 Å². The van der Waals surface area contributed by atoms with Gasteiger partial charge in [-0.2, -0.15) is 5.10 Å². The Morgan fingerprint density at radius 2 is 2.16 bits per heavy atom. The molecule has 0 spiro atoms. The van der Waals surface area contributed by atoms with Crippen LogP contribution in [0.4, 0.5) is 0 Å². The summed E-state index contributed by atoms with van der Waals surface area (Å²) in [5.74, 6) is 0. The Kier molecular flexibility index (Phi) is 4.54. The Morgan fingerprint density at radius 3 is 2.79 bits per heavy atom. The molecule has 0 aliphatic carbocycles. The lowest BCUT2D eigenvalue weighted by Gasteiger charge is -2.12. The number of nitrogens with two attached hydrogens (primary N) is 1. The summed E-state index contributed by atoms with van der Waals surface area (Å²) < 4.78 is 5.90. The van der Waals surface area contributed by atoms with Gasteiger partial charge >= 0.3 is 0 Å². The molecule has 0 radical (unpaired) electrons. The molecule has 2 heterocycles. The minimum absolute atomic E-state index is 0.131. The molecule has 5 nitrogen and oxygen atoms in total. The molecule has 0 aliphatic rings. The molecule has 2 N–H and O–H groups in total. The highest BCUT2D eigenvalue weighted by Crippen LogP contribution is 2.27. The van der Waals surface area contributed by atoms with Gasteiger partial charge in [0.1, 0.15) is 0 Å². The molecule has 0 fully saturated rings. The molecule has 0 amide bonds. The average Bonchev–Trinajstić information content (AvgIpc) is 2.98. The van der Waals surface area contributed by atoms with Crippen LogP contribution in [0, 0.1) is 6.92 Å². The first-order chi connectivity index (χ1) is 9.08. The average molecular weight is 300 g/mol. The third-order valence-electron chi connectivity index (χ3n) is 3.12. The minimum atomic E-state index is -0.131. The fourth-order valence-corrected chi connectivity index (χ4v) is 3.06. The summed E-state index contributed by atoms with van der Waals surface area (Å²) in [7, 11) is 0. The second kappa shape index (κ2) is 5.98. The van der Waals surface area contributed by atoms with Gasteiger partial charge in [0.15, 0.2) is 0 Å². The van der Waals surface area contributed by atoms with Crippen LogP contribution in [0.3, 0.4) is 0 Å². The lowest BCUT2D eigenvalue weighted by atomic mass is 10.1. The standard InChI is InChI=1S/C12H18ClN5S/c1-4-9-12(19-17-15-9)8(14)6-10-11(13)7(3)16-18(10)5-2/h8H,4-6,14H2,1-3H3. The van der Waals surface area contributed by atoms with Gasteiger partial charge in [0.25, 0.3) is 0 Å². The zero-order valence-corrected chi connectivity index (χ0v) is 12.9. The number of hydrogen-bond acceptors (Lipinski definition) is 5. The number of nitrogens with zero attached hydrogens (tertiary/aromatic N) is 4. The molecule has 7 heteroatoms. The van der Waals surface area contributed by atoms with E-state index in [1.165, 1.54) is 11.5 Å². The molecule has 104 valence electrons. The fraction of sp³-hybridized carbons (Fsp3) is 0.583. The molecule has 2 aromatic heterocycles. The Hall–Kier alpha value is -0.980. The van der Waals surface area contributed by atoms with Crippen molar-refractivity contribution >= 4 is 23.1 Å². The summed E-state index contributed by atoms with van der Waals surface area (Å²) in [6.07, 6.45) is 1.50. The van der Waals surface area contributed by atoms with Crippen LogP contribution in [-0.2, 0) is 19.4 Å². The normalized spacial score (nSPS) is 12.9. The van der Waals surface area contributed by atoms with E-state index in [-0.39, 0.29) is 6.04 Å². The van der Waals surface area contributed by atoms with Gasteiger partial charge in [0.2, 0.25) is 0 Å². The quantitative estimate of drug-likeness (QED) is 0.921. The van der Waals surface area contributed by atoms with E-state index in [4.69, 9.17) is 17.3 Å². The maximum Gasteiger partial charge on any atom is 0.0847 e. The Balaban J connectivity index is 2.26. The van der Waals surface area contributed by atoms with E-state index in [2.05, 4.69) is 21.6 Å². The molecule has 0 aromatic carbocycles. The maximum absolute atomic E-state index is 6.31. The van der Waals surface area contributed by atoms with Crippen LogP contribution in [0.15, 0.2) is 0 Å². The molecule has 1 atom stereocenters. The SMILES string of the molecule is CCc1nnsc1C(N)Cc1c(Cl)c(C)nn1CC. The lowest BCUT2D eigenvalue weighted by Crippen LogP contribution is -2.16. The highest BCUT2D eigenvalue weighted by Gasteiger charge is 2.20. The van der Waals surface area contributed by atoms with Crippen molar-refractivity contribution in [3.05, 3.63) is 27.0 Å². The van der Waals surface area contributed by atoms with E-state index in [1.807, 2.05) is 18.5 Å². The minimum Gasteiger partial charge on any atom is -0.323 e. The zero-order valence-electron chi connectivity index (χ0n) is 11.4.